The fourth-order valence-corrected chi connectivity index (χ4v) is 7.07. The standard InChI is InChI=1S/C20H19FN2O4S3/c1-14-2-9-20(28-14)29(24,25)22-18-6-3-15-10-11-23(13-16(15)12-18)30(26,27)19-7-4-17(21)5-8-19/h2-9,12,22H,10-11,13H2,1H3. The molecule has 0 spiro atoms. The van der Waals surface area contributed by atoms with Crippen LogP contribution in [0.2, 0.25) is 0 Å². The lowest BCUT2D eigenvalue weighted by molar-refractivity contribution is 0.391. The minimum atomic E-state index is -3.78. The van der Waals surface area contributed by atoms with Gasteiger partial charge in [-0.25, -0.2) is 21.2 Å². The highest BCUT2D eigenvalue weighted by atomic mass is 32.2. The molecule has 2 heterocycles. The number of nitrogens with zero attached hydrogens (tertiary/aromatic N) is 1. The van der Waals surface area contributed by atoms with E-state index < -0.39 is 25.9 Å². The van der Waals surface area contributed by atoms with Crippen LogP contribution >= 0.6 is 11.3 Å². The molecule has 0 aliphatic carbocycles. The van der Waals surface area contributed by atoms with Gasteiger partial charge in [0, 0.05) is 23.7 Å². The van der Waals surface area contributed by atoms with Crippen molar-refractivity contribution in [3.63, 3.8) is 0 Å². The predicted molar refractivity (Wildman–Crippen MR) is 114 cm³/mol. The van der Waals surface area contributed by atoms with Crippen LogP contribution in [0, 0.1) is 12.7 Å². The highest BCUT2D eigenvalue weighted by Crippen LogP contribution is 2.29. The first kappa shape index (κ1) is 21.0. The van der Waals surface area contributed by atoms with Crippen molar-refractivity contribution < 1.29 is 21.2 Å². The summed E-state index contributed by atoms with van der Waals surface area (Å²) in [7, 11) is -7.49. The molecule has 1 aliphatic rings. The number of rotatable bonds is 5. The maximum atomic E-state index is 13.2. The molecule has 1 aliphatic heterocycles. The molecule has 0 unspecified atom stereocenters. The van der Waals surface area contributed by atoms with E-state index in [1.807, 2.05) is 13.0 Å². The molecule has 1 aromatic heterocycles. The van der Waals surface area contributed by atoms with E-state index in [1.54, 1.807) is 24.3 Å². The topological polar surface area (TPSA) is 83.6 Å². The maximum Gasteiger partial charge on any atom is 0.271 e. The molecular formula is C20H19FN2O4S3. The lowest BCUT2D eigenvalue weighted by Gasteiger charge is -2.28. The van der Waals surface area contributed by atoms with Crippen LogP contribution in [-0.4, -0.2) is 27.7 Å². The van der Waals surface area contributed by atoms with Crippen LogP contribution < -0.4 is 4.72 Å². The molecular weight excluding hydrogens is 447 g/mol. The Balaban J connectivity index is 1.58. The summed E-state index contributed by atoms with van der Waals surface area (Å²) in [5, 5.41) is 0. The Morgan fingerprint density at radius 1 is 0.967 bits per heavy atom. The molecule has 0 amide bonds. The van der Waals surface area contributed by atoms with Gasteiger partial charge in [-0.1, -0.05) is 6.07 Å². The average Bonchev–Trinajstić information content (AvgIpc) is 3.15. The second-order valence-electron chi connectivity index (χ2n) is 7.00. The first-order valence-electron chi connectivity index (χ1n) is 9.12. The fraction of sp³-hybridized carbons (Fsp3) is 0.200. The van der Waals surface area contributed by atoms with Gasteiger partial charge in [-0.15, -0.1) is 11.3 Å². The zero-order valence-corrected chi connectivity index (χ0v) is 18.4. The molecule has 2 aromatic carbocycles. The largest absolute Gasteiger partial charge is 0.279 e. The summed E-state index contributed by atoms with van der Waals surface area (Å²) in [6, 6.07) is 13.2. The smallest absolute Gasteiger partial charge is 0.271 e. The number of nitrogens with one attached hydrogen (secondary N) is 1. The third-order valence-electron chi connectivity index (χ3n) is 4.87. The second-order valence-corrected chi connectivity index (χ2v) is 12.1. The summed E-state index contributed by atoms with van der Waals surface area (Å²) < 4.78 is 68.2. The predicted octanol–water partition coefficient (Wildman–Crippen LogP) is 3.74. The lowest BCUT2D eigenvalue weighted by atomic mass is 10.0. The molecule has 30 heavy (non-hydrogen) atoms. The van der Waals surface area contributed by atoms with Gasteiger partial charge in [0.25, 0.3) is 10.0 Å². The summed E-state index contributed by atoms with van der Waals surface area (Å²) in [5.74, 6) is -0.504. The Kier molecular flexibility index (Phi) is 5.43. The van der Waals surface area contributed by atoms with Gasteiger partial charge in [0.1, 0.15) is 10.0 Å². The number of thiophene rings is 1. The number of hydrogen-bond donors (Lipinski definition) is 1. The molecule has 0 bridgehead atoms. The molecule has 158 valence electrons. The lowest BCUT2D eigenvalue weighted by Crippen LogP contribution is -2.36. The molecule has 10 heteroatoms. The summed E-state index contributed by atoms with van der Waals surface area (Å²) in [6.07, 6.45) is 0.507. The molecule has 0 fully saturated rings. The number of sulfonamides is 2. The van der Waals surface area contributed by atoms with Crippen molar-refractivity contribution in [2.75, 3.05) is 11.3 Å². The van der Waals surface area contributed by atoms with Crippen molar-refractivity contribution in [2.45, 2.75) is 29.0 Å². The van der Waals surface area contributed by atoms with Crippen LogP contribution in [0.25, 0.3) is 0 Å². The highest BCUT2D eigenvalue weighted by Gasteiger charge is 2.28. The van der Waals surface area contributed by atoms with Gasteiger partial charge in [-0.2, -0.15) is 4.31 Å². The van der Waals surface area contributed by atoms with Gasteiger partial charge in [-0.3, -0.25) is 4.72 Å². The SMILES string of the molecule is Cc1ccc(S(=O)(=O)Nc2ccc3c(c2)CN(S(=O)(=O)c2ccc(F)cc2)CC3)s1. The fourth-order valence-electron chi connectivity index (χ4n) is 3.32. The van der Waals surface area contributed by atoms with Crippen LogP contribution in [-0.2, 0) is 33.0 Å². The third kappa shape index (κ3) is 4.13. The van der Waals surface area contributed by atoms with Crippen molar-refractivity contribution in [3.8, 4) is 0 Å². The van der Waals surface area contributed by atoms with Crippen molar-refractivity contribution in [1.82, 2.24) is 4.31 Å². The van der Waals surface area contributed by atoms with Gasteiger partial charge in [0.05, 0.1) is 4.90 Å². The van der Waals surface area contributed by atoms with Gasteiger partial charge >= 0.3 is 0 Å². The minimum absolute atomic E-state index is 0.0253. The molecule has 4 rings (SSSR count). The van der Waals surface area contributed by atoms with E-state index in [0.29, 0.717) is 18.7 Å². The summed E-state index contributed by atoms with van der Waals surface area (Å²) in [5.41, 5.74) is 2.07. The van der Waals surface area contributed by atoms with Gasteiger partial charge < -0.3 is 0 Å². The highest BCUT2D eigenvalue weighted by molar-refractivity contribution is 7.94. The first-order valence-corrected chi connectivity index (χ1v) is 12.9. The molecule has 6 nitrogen and oxygen atoms in total. The Morgan fingerprint density at radius 2 is 1.70 bits per heavy atom. The number of benzene rings is 2. The minimum Gasteiger partial charge on any atom is -0.279 e. The third-order valence-corrected chi connectivity index (χ3v) is 9.60. The molecule has 0 saturated carbocycles. The Morgan fingerprint density at radius 3 is 2.37 bits per heavy atom. The van der Waals surface area contributed by atoms with Gasteiger partial charge in [0.15, 0.2) is 0 Å². The number of fused-ring (bicyclic) bond motifs is 1. The second kappa shape index (κ2) is 7.77. The van der Waals surface area contributed by atoms with Crippen LogP contribution in [0.1, 0.15) is 16.0 Å². The van der Waals surface area contributed by atoms with E-state index in [-0.39, 0.29) is 15.6 Å². The monoisotopic (exact) mass is 466 g/mol. The van der Waals surface area contributed by atoms with E-state index in [4.69, 9.17) is 0 Å². The van der Waals surface area contributed by atoms with E-state index >= 15 is 0 Å². The van der Waals surface area contributed by atoms with Crippen LogP contribution in [0.15, 0.2) is 63.7 Å². The van der Waals surface area contributed by atoms with Crippen LogP contribution in [0.4, 0.5) is 10.1 Å². The van der Waals surface area contributed by atoms with E-state index in [2.05, 4.69) is 4.72 Å². The Labute approximate surface area is 179 Å². The Hall–Kier alpha value is -2.27. The normalized spacial score (nSPS) is 15.0. The van der Waals surface area contributed by atoms with Crippen LogP contribution in [0.5, 0.6) is 0 Å². The number of halogens is 1. The quantitative estimate of drug-likeness (QED) is 0.621. The van der Waals surface area contributed by atoms with Crippen molar-refractivity contribution >= 4 is 37.1 Å². The number of aryl methyl sites for hydroxylation is 1. The zero-order valence-electron chi connectivity index (χ0n) is 16.0. The maximum absolute atomic E-state index is 13.2. The Bertz CT molecular complexity index is 1300. The van der Waals surface area contributed by atoms with E-state index in [0.717, 1.165) is 28.1 Å². The van der Waals surface area contributed by atoms with E-state index in [1.165, 1.54) is 27.8 Å². The molecule has 0 radical (unpaired) electrons. The first-order chi connectivity index (χ1) is 14.1. The zero-order chi connectivity index (χ0) is 21.5. The molecule has 1 N–H and O–H groups in total. The van der Waals surface area contributed by atoms with Crippen LogP contribution in [0.3, 0.4) is 0 Å². The molecule has 3 aromatic rings. The van der Waals surface area contributed by atoms with Crippen molar-refractivity contribution in [3.05, 3.63) is 76.4 Å². The van der Waals surface area contributed by atoms with Crippen molar-refractivity contribution in [2.24, 2.45) is 0 Å². The van der Waals surface area contributed by atoms with Gasteiger partial charge in [-0.05, 0) is 73.0 Å². The molecule has 0 atom stereocenters. The number of anilines is 1. The molecule has 0 saturated heterocycles. The number of hydrogen-bond acceptors (Lipinski definition) is 5. The summed E-state index contributed by atoms with van der Waals surface area (Å²) >= 11 is 1.18. The average molecular weight is 467 g/mol. The van der Waals surface area contributed by atoms with Gasteiger partial charge in [0.2, 0.25) is 10.0 Å². The summed E-state index contributed by atoms with van der Waals surface area (Å²) in [6.45, 7) is 2.24. The van der Waals surface area contributed by atoms with Crippen molar-refractivity contribution in [1.29, 1.82) is 0 Å². The summed E-state index contributed by atoms with van der Waals surface area (Å²) in [4.78, 5) is 0.916. The van der Waals surface area contributed by atoms with E-state index in [9.17, 15) is 21.2 Å².